The van der Waals surface area contributed by atoms with Gasteiger partial charge in [-0.2, -0.15) is 5.10 Å². The van der Waals surface area contributed by atoms with Crippen LogP contribution in [-0.2, 0) is 0 Å². The van der Waals surface area contributed by atoms with Crippen molar-refractivity contribution in [3.63, 3.8) is 0 Å². The highest BCUT2D eigenvalue weighted by Crippen LogP contribution is 2.30. The zero-order valence-corrected chi connectivity index (χ0v) is 12.3. The van der Waals surface area contributed by atoms with Crippen LogP contribution in [0.25, 0.3) is 10.9 Å². The number of halogens is 1. The molecule has 1 aromatic carbocycles. The van der Waals surface area contributed by atoms with E-state index >= 15 is 0 Å². The average Bonchev–Trinajstić information content (AvgIpc) is 3.02. The fourth-order valence-electron chi connectivity index (χ4n) is 3.16. The van der Waals surface area contributed by atoms with Crippen LogP contribution in [0.2, 0.25) is 0 Å². The summed E-state index contributed by atoms with van der Waals surface area (Å²) in [5.74, 6) is 1.14. The van der Waals surface area contributed by atoms with Gasteiger partial charge in [0.2, 0.25) is 0 Å². The van der Waals surface area contributed by atoms with Gasteiger partial charge in [-0.3, -0.25) is 4.98 Å². The molecule has 7 nitrogen and oxygen atoms in total. The first-order valence-corrected chi connectivity index (χ1v) is 7.51. The van der Waals surface area contributed by atoms with Gasteiger partial charge in [0.1, 0.15) is 29.3 Å². The van der Waals surface area contributed by atoms with Crippen LogP contribution >= 0.6 is 0 Å². The molecule has 0 bridgehead atoms. The zero-order valence-electron chi connectivity index (χ0n) is 12.3. The molecular weight excluding hydrogens is 299 g/mol. The normalized spacial score (nSPS) is 18.5. The Morgan fingerprint density at radius 3 is 3.04 bits per heavy atom. The number of nitrogens with zero attached hydrogens (tertiary/aromatic N) is 4. The van der Waals surface area contributed by atoms with Gasteiger partial charge in [0.25, 0.3) is 0 Å². The first-order valence-electron chi connectivity index (χ1n) is 7.51. The van der Waals surface area contributed by atoms with Crippen LogP contribution in [0.4, 0.5) is 10.2 Å². The molecule has 0 spiro atoms. The third kappa shape index (κ3) is 2.45. The highest BCUT2D eigenvalue weighted by molar-refractivity contribution is 5.89. The predicted octanol–water partition coefficient (Wildman–Crippen LogP) is 1.56. The average molecular weight is 314 g/mol. The maximum absolute atomic E-state index is 13.9. The highest BCUT2D eigenvalue weighted by atomic mass is 19.1. The van der Waals surface area contributed by atoms with E-state index < -0.39 is 0 Å². The van der Waals surface area contributed by atoms with E-state index in [1.165, 1.54) is 12.4 Å². The topological polar surface area (TPSA) is 90.6 Å². The summed E-state index contributed by atoms with van der Waals surface area (Å²) in [6.07, 6.45) is 3.27. The quantitative estimate of drug-likeness (QED) is 0.749. The second-order valence-corrected chi connectivity index (χ2v) is 5.68. The van der Waals surface area contributed by atoms with Crippen molar-refractivity contribution in [2.45, 2.75) is 18.8 Å². The number of hydrogen-bond acceptors (Lipinski definition) is 5. The molecule has 4 rings (SSSR count). The number of anilines is 1. The third-order valence-corrected chi connectivity index (χ3v) is 4.22. The van der Waals surface area contributed by atoms with Gasteiger partial charge in [-0.05, 0) is 25.0 Å². The number of H-pyrrole nitrogens is 2. The van der Waals surface area contributed by atoms with Gasteiger partial charge in [-0.1, -0.05) is 6.07 Å². The molecule has 118 valence electrons. The molecule has 1 saturated heterocycles. The van der Waals surface area contributed by atoms with E-state index in [0.29, 0.717) is 23.3 Å². The number of rotatable bonds is 2. The SMILES string of the molecule is O=c1[nH]nc(C2CCCN(c3ncnc4c(F)cccc34)C2)[nH]1. The van der Waals surface area contributed by atoms with Crippen LogP contribution in [0, 0.1) is 5.82 Å². The van der Waals surface area contributed by atoms with Gasteiger partial charge in [0.05, 0.1) is 0 Å². The number of aromatic nitrogens is 5. The monoisotopic (exact) mass is 314 g/mol. The molecule has 2 N–H and O–H groups in total. The summed E-state index contributed by atoms with van der Waals surface area (Å²) in [5.41, 5.74) is 0.0273. The number of aromatic amines is 2. The summed E-state index contributed by atoms with van der Waals surface area (Å²) in [6, 6.07) is 4.89. The van der Waals surface area contributed by atoms with Crippen LogP contribution in [0.3, 0.4) is 0 Å². The van der Waals surface area contributed by atoms with Crippen molar-refractivity contribution in [3.05, 3.63) is 46.7 Å². The van der Waals surface area contributed by atoms with Gasteiger partial charge in [0.15, 0.2) is 0 Å². The van der Waals surface area contributed by atoms with Crippen LogP contribution in [-0.4, -0.2) is 38.2 Å². The fraction of sp³-hybridized carbons (Fsp3) is 0.333. The molecule has 0 aliphatic carbocycles. The van der Waals surface area contributed by atoms with Crippen LogP contribution in [0.15, 0.2) is 29.3 Å². The van der Waals surface area contributed by atoms with Crippen molar-refractivity contribution >= 4 is 16.7 Å². The van der Waals surface area contributed by atoms with E-state index in [9.17, 15) is 9.18 Å². The molecule has 1 fully saturated rings. The van der Waals surface area contributed by atoms with Gasteiger partial charge in [0, 0.05) is 24.4 Å². The maximum atomic E-state index is 13.9. The summed E-state index contributed by atoms with van der Waals surface area (Å²) in [4.78, 5) is 24.5. The number of benzene rings is 1. The Kier molecular flexibility index (Phi) is 3.29. The molecular formula is C15H15FN6O. The zero-order chi connectivity index (χ0) is 15.8. The minimum Gasteiger partial charge on any atom is -0.355 e. The van der Waals surface area contributed by atoms with Gasteiger partial charge < -0.3 is 4.90 Å². The summed E-state index contributed by atoms with van der Waals surface area (Å²) in [6.45, 7) is 1.50. The van der Waals surface area contributed by atoms with E-state index in [4.69, 9.17) is 0 Å². The van der Waals surface area contributed by atoms with Crippen LogP contribution in [0.5, 0.6) is 0 Å². The largest absolute Gasteiger partial charge is 0.355 e. The molecule has 3 aromatic rings. The fourth-order valence-corrected chi connectivity index (χ4v) is 3.16. The highest BCUT2D eigenvalue weighted by Gasteiger charge is 2.26. The number of nitrogens with one attached hydrogen (secondary N) is 2. The summed E-state index contributed by atoms with van der Waals surface area (Å²) in [7, 11) is 0. The lowest BCUT2D eigenvalue weighted by Gasteiger charge is -2.33. The Morgan fingerprint density at radius 2 is 2.22 bits per heavy atom. The molecule has 1 unspecified atom stereocenters. The van der Waals surface area contributed by atoms with E-state index in [1.54, 1.807) is 6.07 Å². The molecule has 1 aliphatic rings. The molecule has 0 radical (unpaired) electrons. The van der Waals surface area contributed by atoms with Gasteiger partial charge >= 0.3 is 5.69 Å². The molecule has 1 aliphatic heterocycles. The van der Waals surface area contributed by atoms with Crippen molar-refractivity contribution in [1.82, 2.24) is 25.1 Å². The predicted molar refractivity (Wildman–Crippen MR) is 82.9 cm³/mol. The van der Waals surface area contributed by atoms with Crippen LogP contribution < -0.4 is 10.6 Å². The Bertz CT molecular complexity index is 904. The lowest BCUT2D eigenvalue weighted by molar-refractivity contribution is 0.490. The first-order chi connectivity index (χ1) is 11.2. The smallest absolute Gasteiger partial charge is 0.340 e. The number of hydrogen-bond donors (Lipinski definition) is 2. The van der Waals surface area contributed by atoms with Gasteiger partial charge in [-0.15, -0.1) is 0 Å². The minimum absolute atomic E-state index is 0.112. The molecule has 2 aromatic heterocycles. The molecule has 1 atom stereocenters. The van der Waals surface area contributed by atoms with E-state index in [2.05, 4.69) is 30.0 Å². The lowest BCUT2D eigenvalue weighted by atomic mass is 9.97. The molecule has 0 saturated carbocycles. The summed E-state index contributed by atoms with van der Waals surface area (Å²) >= 11 is 0. The van der Waals surface area contributed by atoms with Crippen molar-refractivity contribution in [3.8, 4) is 0 Å². The van der Waals surface area contributed by atoms with Crippen LogP contribution in [0.1, 0.15) is 24.6 Å². The van der Waals surface area contributed by atoms with E-state index in [1.807, 2.05) is 6.07 Å². The van der Waals surface area contributed by atoms with Gasteiger partial charge in [-0.25, -0.2) is 24.3 Å². The Labute approximate surface area is 130 Å². The Hall–Kier alpha value is -2.77. The second kappa shape index (κ2) is 5.45. The summed E-state index contributed by atoms with van der Waals surface area (Å²) in [5, 5.41) is 7.13. The molecule has 0 amide bonds. The van der Waals surface area contributed by atoms with E-state index in [-0.39, 0.29) is 17.4 Å². The molecule has 23 heavy (non-hydrogen) atoms. The number of piperidine rings is 1. The lowest BCUT2D eigenvalue weighted by Crippen LogP contribution is -2.35. The number of fused-ring (bicyclic) bond motifs is 1. The first kappa shape index (κ1) is 13.9. The summed E-state index contributed by atoms with van der Waals surface area (Å²) < 4.78 is 13.9. The van der Waals surface area contributed by atoms with Crippen molar-refractivity contribution in [1.29, 1.82) is 0 Å². The Balaban J connectivity index is 1.70. The molecule has 8 heteroatoms. The standard InChI is InChI=1S/C15H15FN6O/c16-11-5-1-4-10-12(11)17-8-18-14(10)22-6-2-3-9(7-22)13-19-15(23)21-20-13/h1,4-5,8-9H,2-3,6-7H2,(H2,19,20,21,23). The number of para-hydroxylation sites is 1. The van der Waals surface area contributed by atoms with Crippen molar-refractivity contribution in [2.24, 2.45) is 0 Å². The Morgan fingerprint density at radius 1 is 1.30 bits per heavy atom. The second-order valence-electron chi connectivity index (χ2n) is 5.68. The van der Waals surface area contributed by atoms with E-state index in [0.717, 1.165) is 25.2 Å². The minimum atomic E-state index is -0.351. The van der Waals surface area contributed by atoms with Crippen molar-refractivity contribution in [2.75, 3.05) is 18.0 Å². The maximum Gasteiger partial charge on any atom is 0.340 e. The molecule has 3 heterocycles. The third-order valence-electron chi connectivity index (χ3n) is 4.22. The van der Waals surface area contributed by atoms with Crippen molar-refractivity contribution < 1.29 is 4.39 Å².